The second-order valence-corrected chi connectivity index (χ2v) is 5.94. The van der Waals surface area contributed by atoms with Crippen LogP contribution in [-0.4, -0.2) is 57.4 Å². The van der Waals surface area contributed by atoms with Crippen molar-refractivity contribution >= 4 is 22.4 Å². The Morgan fingerprint density at radius 3 is 2.62 bits per heavy atom. The van der Waals surface area contributed by atoms with Gasteiger partial charge in [0.25, 0.3) is 0 Å². The summed E-state index contributed by atoms with van der Waals surface area (Å²) in [6, 6.07) is 0.219. The Kier molecular flexibility index (Phi) is 6.81. The maximum atomic E-state index is 11.9. The molecule has 0 aliphatic carbocycles. The van der Waals surface area contributed by atoms with E-state index in [1.807, 2.05) is 13.8 Å². The zero-order valence-corrected chi connectivity index (χ0v) is 11.6. The number of methoxy groups -OCH3 is 1. The topological polar surface area (TPSA) is 58.6 Å². The number of hydrogen-bond donors (Lipinski definition) is 1. The van der Waals surface area contributed by atoms with Crippen molar-refractivity contribution in [3.8, 4) is 0 Å². The highest BCUT2D eigenvalue weighted by Crippen LogP contribution is 2.14. The normalized spacial score (nSPS) is 27.4. The molecule has 0 aromatic carbocycles. The van der Waals surface area contributed by atoms with Crippen molar-refractivity contribution in [2.75, 3.05) is 32.6 Å². The maximum Gasteiger partial charge on any atom is 0.216 e. The average molecular weight is 273 g/mol. The number of nitrogens with one attached hydrogen (secondary N) is 1. The Labute approximate surface area is 104 Å². The molecule has 1 N–H and O–H groups in total. The van der Waals surface area contributed by atoms with Gasteiger partial charge in [0.05, 0.1) is 12.4 Å². The van der Waals surface area contributed by atoms with Gasteiger partial charge in [-0.3, -0.25) is 0 Å². The second-order valence-electron chi connectivity index (χ2n) is 3.90. The molecule has 1 rings (SSSR count). The van der Waals surface area contributed by atoms with Gasteiger partial charge in [-0.2, -0.15) is 4.31 Å². The highest BCUT2D eigenvalue weighted by atomic mass is 35.5. The van der Waals surface area contributed by atoms with Crippen LogP contribution in [0.4, 0.5) is 0 Å². The third-order valence-electron chi connectivity index (χ3n) is 2.88. The molecule has 1 saturated heterocycles. The number of piperazine rings is 1. The summed E-state index contributed by atoms with van der Waals surface area (Å²) in [6.45, 7) is 5.46. The van der Waals surface area contributed by atoms with E-state index in [0.717, 1.165) is 6.54 Å². The van der Waals surface area contributed by atoms with Crippen LogP contribution in [0.5, 0.6) is 0 Å². The summed E-state index contributed by atoms with van der Waals surface area (Å²) in [5.74, 6) is 0.0700. The van der Waals surface area contributed by atoms with Gasteiger partial charge >= 0.3 is 0 Å². The minimum absolute atomic E-state index is 0. The lowest BCUT2D eigenvalue weighted by molar-refractivity contribution is 0.207. The van der Waals surface area contributed by atoms with Gasteiger partial charge in [-0.1, -0.05) is 0 Å². The smallest absolute Gasteiger partial charge is 0.216 e. The van der Waals surface area contributed by atoms with E-state index >= 15 is 0 Å². The molecule has 7 heteroatoms. The summed E-state index contributed by atoms with van der Waals surface area (Å²) in [7, 11) is -1.65. The lowest BCUT2D eigenvalue weighted by Crippen LogP contribution is -2.57. The van der Waals surface area contributed by atoms with Crippen LogP contribution < -0.4 is 5.32 Å². The molecule has 0 aromatic heterocycles. The molecule has 1 heterocycles. The monoisotopic (exact) mass is 272 g/mol. The first-order valence-corrected chi connectivity index (χ1v) is 6.82. The van der Waals surface area contributed by atoms with Crippen molar-refractivity contribution in [2.24, 2.45) is 0 Å². The van der Waals surface area contributed by atoms with Crippen molar-refractivity contribution in [1.29, 1.82) is 0 Å². The van der Waals surface area contributed by atoms with Crippen LogP contribution >= 0.6 is 12.4 Å². The number of sulfonamides is 1. The van der Waals surface area contributed by atoms with Crippen molar-refractivity contribution in [2.45, 2.75) is 25.9 Å². The zero-order chi connectivity index (χ0) is 11.5. The fraction of sp³-hybridized carbons (Fsp3) is 1.00. The SMILES string of the molecule is COCCS(=O)(=O)N1CCNC(C)C1C.Cl. The molecule has 0 spiro atoms. The molecule has 2 atom stereocenters. The van der Waals surface area contributed by atoms with E-state index < -0.39 is 10.0 Å². The van der Waals surface area contributed by atoms with Gasteiger partial charge in [-0.25, -0.2) is 8.42 Å². The standard InChI is InChI=1S/C9H20N2O3S.ClH/c1-8-9(2)11(5-4-10-8)15(12,13)7-6-14-3;/h8-10H,4-7H2,1-3H3;1H. The minimum atomic E-state index is -3.16. The highest BCUT2D eigenvalue weighted by Gasteiger charge is 2.32. The second kappa shape index (κ2) is 6.76. The van der Waals surface area contributed by atoms with Gasteiger partial charge in [-0.05, 0) is 13.8 Å². The lowest BCUT2D eigenvalue weighted by Gasteiger charge is -2.37. The molecule has 98 valence electrons. The van der Waals surface area contributed by atoms with E-state index in [9.17, 15) is 8.42 Å². The molecular formula is C9H21ClN2O3S. The van der Waals surface area contributed by atoms with E-state index in [1.54, 1.807) is 4.31 Å². The Balaban J connectivity index is 0.00000225. The summed E-state index contributed by atoms with van der Waals surface area (Å²) in [5.41, 5.74) is 0. The number of nitrogens with zero attached hydrogens (tertiary/aromatic N) is 1. The summed E-state index contributed by atoms with van der Waals surface area (Å²) < 4.78 is 30.2. The van der Waals surface area contributed by atoms with Gasteiger partial charge in [0.2, 0.25) is 10.0 Å². The molecule has 2 unspecified atom stereocenters. The Morgan fingerprint density at radius 1 is 1.44 bits per heavy atom. The molecule has 1 fully saturated rings. The Bertz CT molecular complexity index is 297. The van der Waals surface area contributed by atoms with Crippen molar-refractivity contribution in [3.05, 3.63) is 0 Å². The predicted octanol–water partition coefficient (Wildman–Crippen LogP) is 0.0666. The zero-order valence-electron chi connectivity index (χ0n) is 9.97. The number of rotatable bonds is 4. The number of ether oxygens (including phenoxy) is 1. The van der Waals surface area contributed by atoms with Gasteiger partial charge in [0, 0.05) is 32.3 Å². The van der Waals surface area contributed by atoms with E-state index in [1.165, 1.54) is 7.11 Å². The first-order valence-electron chi connectivity index (χ1n) is 5.21. The average Bonchev–Trinajstić information content (AvgIpc) is 2.19. The van der Waals surface area contributed by atoms with E-state index in [0.29, 0.717) is 6.54 Å². The molecule has 16 heavy (non-hydrogen) atoms. The molecule has 0 saturated carbocycles. The van der Waals surface area contributed by atoms with E-state index in [-0.39, 0.29) is 36.9 Å². The van der Waals surface area contributed by atoms with Crippen molar-refractivity contribution in [3.63, 3.8) is 0 Å². The number of hydrogen-bond acceptors (Lipinski definition) is 4. The van der Waals surface area contributed by atoms with Gasteiger partial charge < -0.3 is 10.1 Å². The molecule has 0 bridgehead atoms. The van der Waals surface area contributed by atoms with Crippen molar-refractivity contribution < 1.29 is 13.2 Å². The molecule has 5 nitrogen and oxygen atoms in total. The first-order chi connectivity index (χ1) is 6.99. The van der Waals surface area contributed by atoms with E-state index in [4.69, 9.17) is 4.74 Å². The molecule has 0 amide bonds. The van der Waals surface area contributed by atoms with Crippen LogP contribution in [0.25, 0.3) is 0 Å². The fourth-order valence-electron chi connectivity index (χ4n) is 1.72. The summed E-state index contributed by atoms with van der Waals surface area (Å²) in [4.78, 5) is 0. The largest absolute Gasteiger partial charge is 0.384 e. The summed E-state index contributed by atoms with van der Waals surface area (Å²) >= 11 is 0. The lowest BCUT2D eigenvalue weighted by atomic mass is 10.1. The van der Waals surface area contributed by atoms with E-state index in [2.05, 4.69) is 5.32 Å². The number of halogens is 1. The molecule has 1 aliphatic heterocycles. The summed E-state index contributed by atoms with van der Waals surface area (Å²) in [5, 5.41) is 3.25. The Hall–Kier alpha value is 0.120. The van der Waals surface area contributed by atoms with Crippen LogP contribution in [0, 0.1) is 0 Å². The molecule has 0 radical (unpaired) electrons. The molecular weight excluding hydrogens is 252 g/mol. The van der Waals surface area contributed by atoms with Crippen LogP contribution in [0.2, 0.25) is 0 Å². The Morgan fingerprint density at radius 2 is 2.06 bits per heavy atom. The third-order valence-corrected chi connectivity index (χ3v) is 4.79. The molecule has 1 aliphatic rings. The van der Waals surface area contributed by atoms with Crippen LogP contribution in [0.1, 0.15) is 13.8 Å². The van der Waals surface area contributed by atoms with Gasteiger partial charge in [-0.15, -0.1) is 12.4 Å². The summed E-state index contributed by atoms with van der Waals surface area (Å²) in [6.07, 6.45) is 0. The van der Waals surface area contributed by atoms with Gasteiger partial charge in [0.15, 0.2) is 0 Å². The first kappa shape index (κ1) is 16.1. The van der Waals surface area contributed by atoms with Crippen LogP contribution in [0.3, 0.4) is 0 Å². The predicted molar refractivity (Wildman–Crippen MR) is 66.5 cm³/mol. The van der Waals surface area contributed by atoms with Crippen molar-refractivity contribution in [1.82, 2.24) is 9.62 Å². The minimum Gasteiger partial charge on any atom is -0.384 e. The third kappa shape index (κ3) is 3.85. The van der Waals surface area contributed by atoms with Crippen LogP contribution in [0.15, 0.2) is 0 Å². The fourth-order valence-corrected chi connectivity index (χ4v) is 3.39. The molecule has 0 aromatic rings. The maximum absolute atomic E-state index is 11.9. The van der Waals surface area contributed by atoms with Crippen LogP contribution in [-0.2, 0) is 14.8 Å². The quantitative estimate of drug-likeness (QED) is 0.787. The van der Waals surface area contributed by atoms with Gasteiger partial charge in [0.1, 0.15) is 0 Å². The highest BCUT2D eigenvalue weighted by molar-refractivity contribution is 7.89.